The van der Waals surface area contributed by atoms with Gasteiger partial charge < -0.3 is 0 Å². The molecule has 1 unspecified atom stereocenters. The van der Waals surface area contributed by atoms with Gasteiger partial charge in [-0.25, -0.2) is 19.6 Å². The quantitative estimate of drug-likeness (QED) is 0.187. The maximum absolute atomic E-state index is 5.65. The molecule has 1 atom stereocenters. The fraction of sp³-hybridized carbons (Fsp3) is 0.913. The zero-order valence-corrected chi connectivity index (χ0v) is 20.1. The monoisotopic (exact) mass is 386 g/mol. The van der Waals surface area contributed by atoms with Gasteiger partial charge in [0.15, 0.2) is 0 Å². The first-order valence-corrected chi connectivity index (χ1v) is 10.1. The molecule has 162 valence electrons. The minimum Gasteiger partial charge on any atom is -0.230 e. The number of unbranched alkanes of at least 4 members (excludes halogenated alkanes) is 2. The molecule has 0 saturated carbocycles. The van der Waals surface area contributed by atoms with Gasteiger partial charge in [0.25, 0.3) is 0 Å². The van der Waals surface area contributed by atoms with Crippen molar-refractivity contribution in [3.05, 3.63) is 0 Å². The van der Waals surface area contributed by atoms with Crippen LogP contribution in [0.5, 0.6) is 0 Å². The Kier molecular flexibility index (Phi) is 12.8. The SMILES string of the molecule is C#CCCCC.CC(CC(C)(C)OOC(C)(C)C)C(C)(C)OOC(C)(C)C. The van der Waals surface area contributed by atoms with E-state index in [1.165, 1.54) is 12.8 Å². The molecule has 0 aliphatic carbocycles. The minimum absolute atomic E-state index is 0.235. The van der Waals surface area contributed by atoms with E-state index in [1.807, 2.05) is 69.2 Å². The van der Waals surface area contributed by atoms with Crippen LogP contribution >= 0.6 is 0 Å². The summed E-state index contributed by atoms with van der Waals surface area (Å²) in [5.74, 6) is 2.80. The summed E-state index contributed by atoms with van der Waals surface area (Å²) in [5, 5.41) is 0. The van der Waals surface area contributed by atoms with Crippen molar-refractivity contribution in [2.45, 2.75) is 131 Å². The van der Waals surface area contributed by atoms with Gasteiger partial charge in [-0.15, -0.1) is 12.3 Å². The van der Waals surface area contributed by atoms with E-state index in [9.17, 15) is 0 Å². The lowest BCUT2D eigenvalue weighted by atomic mass is 9.84. The second-order valence-corrected chi connectivity index (χ2v) is 10.3. The van der Waals surface area contributed by atoms with Crippen LogP contribution in [0.1, 0.15) is 109 Å². The molecule has 0 bridgehead atoms. The van der Waals surface area contributed by atoms with E-state index < -0.39 is 11.2 Å². The zero-order valence-electron chi connectivity index (χ0n) is 20.1. The molecule has 0 aliphatic heterocycles. The third-order valence-electron chi connectivity index (χ3n) is 3.68. The fourth-order valence-corrected chi connectivity index (χ4v) is 1.85. The highest BCUT2D eigenvalue weighted by Gasteiger charge is 2.36. The van der Waals surface area contributed by atoms with Crippen molar-refractivity contribution < 1.29 is 19.6 Å². The Balaban J connectivity index is 0. The predicted octanol–water partition coefficient (Wildman–Crippen LogP) is 6.87. The normalized spacial score (nSPS) is 14.2. The van der Waals surface area contributed by atoms with E-state index in [4.69, 9.17) is 26.0 Å². The Morgan fingerprint density at radius 2 is 1.22 bits per heavy atom. The third kappa shape index (κ3) is 18.5. The number of hydrogen-bond donors (Lipinski definition) is 0. The summed E-state index contributed by atoms with van der Waals surface area (Å²) < 4.78 is 0. The van der Waals surface area contributed by atoms with Gasteiger partial charge in [0.2, 0.25) is 0 Å². The summed E-state index contributed by atoms with van der Waals surface area (Å²) in [6.07, 6.45) is 9.09. The zero-order chi connectivity index (χ0) is 21.9. The Hall–Kier alpha value is -0.600. The Morgan fingerprint density at radius 1 is 0.778 bits per heavy atom. The van der Waals surface area contributed by atoms with E-state index in [-0.39, 0.29) is 17.1 Å². The molecular formula is C23H46O4. The number of terminal acetylenes is 1. The largest absolute Gasteiger partial charge is 0.230 e. The lowest BCUT2D eigenvalue weighted by Gasteiger charge is -2.37. The van der Waals surface area contributed by atoms with Crippen molar-refractivity contribution in [3.63, 3.8) is 0 Å². The molecule has 0 N–H and O–H groups in total. The van der Waals surface area contributed by atoms with E-state index in [0.717, 1.165) is 12.8 Å². The summed E-state index contributed by atoms with van der Waals surface area (Å²) in [4.78, 5) is 22.2. The minimum atomic E-state index is -0.407. The van der Waals surface area contributed by atoms with Gasteiger partial charge in [-0.2, -0.15) is 0 Å². The highest BCUT2D eigenvalue weighted by Crippen LogP contribution is 2.32. The van der Waals surface area contributed by atoms with Gasteiger partial charge in [0.1, 0.15) is 5.60 Å². The molecule has 0 radical (unpaired) electrons. The van der Waals surface area contributed by atoms with Gasteiger partial charge in [-0.05, 0) is 88.0 Å². The molecule has 0 aromatic rings. The van der Waals surface area contributed by atoms with Crippen LogP contribution in [0.2, 0.25) is 0 Å². The molecule has 0 spiro atoms. The first-order chi connectivity index (χ1) is 12.0. The van der Waals surface area contributed by atoms with Crippen molar-refractivity contribution in [1.29, 1.82) is 0 Å². The summed E-state index contributed by atoms with van der Waals surface area (Å²) in [6, 6.07) is 0. The van der Waals surface area contributed by atoms with E-state index in [2.05, 4.69) is 19.8 Å². The highest BCUT2D eigenvalue weighted by atomic mass is 17.2. The molecule has 0 rings (SSSR count). The Labute approximate surface area is 169 Å². The summed E-state index contributed by atoms with van der Waals surface area (Å²) in [5.41, 5.74) is -1.44. The van der Waals surface area contributed by atoms with Crippen molar-refractivity contribution in [1.82, 2.24) is 0 Å². The van der Waals surface area contributed by atoms with Crippen LogP contribution < -0.4 is 0 Å². The van der Waals surface area contributed by atoms with Crippen molar-refractivity contribution in [2.75, 3.05) is 0 Å². The predicted molar refractivity (Wildman–Crippen MR) is 114 cm³/mol. The van der Waals surface area contributed by atoms with E-state index in [0.29, 0.717) is 0 Å². The topological polar surface area (TPSA) is 36.9 Å². The summed E-state index contributed by atoms with van der Waals surface area (Å²) in [6.45, 7) is 24.2. The van der Waals surface area contributed by atoms with Crippen LogP contribution in [0, 0.1) is 18.3 Å². The van der Waals surface area contributed by atoms with Crippen LogP contribution in [-0.2, 0) is 19.6 Å². The molecule has 0 saturated heterocycles. The molecular weight excluding hydrogens is 340 g/mol. The van der Waals surface area contributed by atoms with Crippen LogP contribution in [0.15, 0.2) is 0 Å². The maximum Gasteiger partial charge on any atom is 0.101 e. The molecule has 0 aromatic carbocycles. The van der Waals surface area contributed by atoms with Crippen LogP contribution in [-0.4, -0.2) is 22.4 Å². The van der Waals surface area contributed by atoms with Gasteiger partial charge in [-0.1, -0.05) is 20.3 Å². The molecule has 0 aromatic heterocycles. The van der Waals surface area contributed by atoms with Crippen molar-refractivity contribution >= 4 is 0 Å². The molecule has 0 aliphatic rings. The van der Waals surface area contributed by atoms with Crippen molar-refractivity contribution in [2.24, 2.45) is 5.92 Å². The van der Waals surface area contributed by atoms with Gasteiger partial charge >= 0.3 is 0 Å². The molecule has 4 heteroatoms. The third-order valence-corrected chi connectivity index (χ3v) is 3.68. The number of rotatable bonds is 9. The lowest BCUT2D eigenvalue weighted by Crippen LogP contribution is -2.41. The lowest BCUT2D eigenvalue weighted by molar-refractivity contribution is -0.417. The average Bonchev–Trinajstić information content (AvgIpc) is 2.48. The van der Waals surface area contributed by atoms with E-state index >= 15 is 0 Å². The molecule has 0 amide bonds. The first-order valence-electron chi connectivity index (χ1n) is 10.1. The standard InChI is InChI=1S/C17H36O4.C6H10/c1-13(17(10,11)21-19-15(5,6)7)12-16(8,9)20-18-14(2,3)4;1-3-5-6-4-2/h13H,12H2,1-11H3;1H,4-6H2,2H3. The maximum atomic E-state index is 5.65. The smallest absolute Gasteiger partial charge is 0.101 e. The van der Waals surface area contributed by atoms with Gasteiger partial charge in [0.05, 0.1) is 16.8 Å². The molecule has 0 fully saturated rings. The fourth-order valence-electron chi connectivity index (χ4n) is 1.85. The molecule has 0 heterocycles. The van der Waals surface area contributed by atoms with E-state index in [1.54, 1.807) is 0 Å². The Bertz CT molecular complexity index is 419. The Morgan fingerprint density at radius 3 is 1.56 bits per heavy atom. The second-order valence-electron chi connectivity index (χ2n) is 10.3. The molecule has 4 nitrogen and oxygen atoms in total. The molecule has 27 heavy (non-hydrogen) atoms. The van der Waals surface area contributed by atoms with Crippen LogP contribution in [0.4, 0.5) is 0 Å². The van der Waals surface area contributed by atoms with Crippen LogP contribution in [0.25, 0.3) is 0 Å². The van der Waals surface area contributed by atoms with Crippen molar-refractivity contribution in [3.8, 4) is 12.3 Å². The summed E-state index contributed by atoms with van der Waals surface area (Å²) >= 11 is 0. The van der Waals surface area contributed by atoms with Gasteiger partial charge in [-0.3, -0.25) is 0 Å². The summed E-state index contributed by atoms with van der Waals surface area (Å²) in [7, 11) is 0. The second kappa shape index (κ2) is 12.1. The highest BCUT2D eigenvalue weighted by molar-refractivity contribution is 4.82. The van der Waals surface area contributed by atoms with Crippen LogP contribution in [0.3, 0.4) is 0 Å². The first kappa shape index (κ1) is 28.6. The number of hydrogen-bond acceptors (Lipinski definition) is 4. The average molecular weight is 387 g/mol. The van der Waals surface area contributed by atoms with Gasteiger partial charge in [0, 0.05) is 6.42 Å².